The molecule has 0 radical (unpaired) electrons. The highest BCUT2D eigenvalue weighted by Gasteiger charge is 2.15. The summed E-state index contributed by atoms with van der Waals surface area (Å²) >= 11 is 1.32. The highest BCUT2D eigenvalue weighted by molar-refractivity contribution is 7.09. The Labute approximate surface area is 134 Å². The van der Waals surface area contributed by atoms with E-state index in [9.17, 15) is 4.79 Å². The number of likely N-dealkylation sites (N-methyl/N-ethyl adjacent to an activating group) is 1. The number of aromatic nitrogens is 2. The molecule has 1 amide bonds. The molecule has 0 atom stereocenters. The molecule has 0 unspecified atom stereocenters. The Kier molecular flexibility index (Phi) is 5.71. The van der Waals surface area contributed by atoms with Crippen LogP contribution < -0.4 is 15.0 Å². The molecule has 0 aliphatic rings. The van der Waals surface area contributed by atoms with Crippen LogP contribution in [0.15, 0.2) is 24.3 Å². The van der Waals surface area contributed by atoms with Crippen LogP contribution in [0.1, 0.15) is 19.7 Å². The molecule has 0 aliphatic carbocycles. The van der Waals surface area contributed by atoms with Gasteiger partial charge in [-0.25, -0.2) is 4.98 Å². The Hall–Kier alpha value is -2.15. The quantitative estimate of drug-likeness (QED) is 0.849. The first-order valence-electron chi connectivity index (χ1n) is 7.18. The first-order valence-corrected chi connectivity index (χ1v) is 7.95. The zero-order valence-electron chi connectivity index (χ0n) is 13.0. The minimum absolute atomic E-state index is 0.111. The third-order valence-electron chi connectivity index (χ3n) is 3.14. The number of benzene rings is 1. The summed E-state index contributed by atoms with van der Waals surface area (Å²) in [5, 5.41) is 3.64. The first kappa shape index (κ1) is 16.2. The minimum atomic E-state index is -0.111. The van der Waals surface area contributed by atoms with Crippen LogP contribution in [0.3, 0.4) is 0 Å². The Morgan fingerprint density at radius 2 is 2.14 bits per heavy atom. The van der Waals surface area contributed by atoms with E-state index in [0.717, 1.165) is 17.4 Å². The van der Waals surface area contributed by atoms with Crippen molar-refractivity contribution in [1.82, 2.24) is 9.36 Å². The highest BCUT2D eigenvalue weighted by Crippen LogP contribution is 2.23. The van der Waals surface area contributed by atoms with E-state index in [-0.39, 0.29) is 12.5 Å². The molecular weight excluding hydrogens is 300 g/mol. The zero-order chi connectivity index (χ0) is 15.9. The van der Waals surface area contributed by atoms with Gasteiger partial charge in [-0.05, 0) is 19.1 Å². The lowest BCUT2D eigenvalue weighted by Gasteiger charge is -2.19. The number of nitrogens with zero attached hydrogens (tertiary/aromatic N) is 3. The Morgan fingerprint density at radius 1 is 1.36 bits per heavy atom. The van der Waals surface area contributed by atoms with Crippen LogP contribution in [0.2, 0.25) is 0 Å². The maximum Gasteiger partial charge on any atom is 0.244 e. The fraction of sp³-hybridized carbons (Fsp3) is 0.400. The molecule has 1 aromatic heterocycles. The van der Waals surface area contributed by atoms with Crippen LogP contribution in [-0.4, -0.2) is 35.5 Å². The lowest BCUT2D eigenvalue weighted by atomic mass is 10.3. The van der Waals surface area contributed by atoms with Gasteiger partial charge in [-0.3, -0.25) is 4.79 Å². The smallest absolute Gasteiger partial charge is 0.244 e. The molecule has 2 rings (SSSR count). The van der Waals surface area contributed by atoms with E-state index in [1.54, 1.807) is 7.11 Å². The molecular formula is C15H20N4O2S. The summed E-state index contributed by atoms with van der Waals surface area (Å²) in [6.45, 7) is 4.92. The molecule has 0 saturated heterocycles. The average Bonchev–Trinajstić information content (AvgIpc) is 3.02. The van der Waals surface area contributed by atoms with Crippen LogP contribution in [0.4, 0.5) is 10.8 Å². The number of hydrogen-bond donors (Lipinski definition) is 1. The van der Waals surface area contributed by atoms with Crippen molar-refractivity contribution < 1.29 is 9.53 Å². The lowest BCUT2D eigenvalue weighted by molar-refractivity contribution is -0.115. The largest absolute Gasteiger partial charge is 0.495 e. The molecule has 0 spiro atoms. The number of nitrogens with one attached hydrogen (secondary N) is 1. The predicted octanol–water partition coefficient (Wildman–Crippen LogP) is 2.57. The van der Waals surface area contributed by atoms with Crippen molar-refractivity contribution >= 4 is 28.3 Å². The number of anilines is 2. The Bertz CT molecular complexity index is 630. The van der Waals surface area contributed by atoms with Gasteiger partial charge in [-0.2, -0.15) is 4.37 Å². The van der Waals surface area contributed by atoms with Gasteiger partial charge in [0.1, 0.15) is 11.6 Å². The molecule has 6 nitrogen and oxygen atoms in total. The number of hydrogen-bond acceptors (Lipinski definition) is 6. The first-order chi connectivity index (χ1) is 10.7. The second-order valence-electron chi connectivity index (χ2n) is 4.61. The number of para-hydroxylation sites is 2. The minimum Gasteiger partial charge on any atom is -0.495 e. The molecule has 7 heteroatoms. The second kappa shape index (κ2) is 7.74. The molecule has 118 valence electrons. The Balaban J connectivity index is 2.03. The summed E-state index contributed by atoms with van der Waals surface area (Å²) in [4.78, 5) is 18.6. The highest BCUT2D eigenvalue weighted by atomic mass is 32.1. The van der Waals surface area contributed by atoms with Crippen molar-refractivity contribution in [3.05, 3.63) is 30.1 Å². The molecule has 0 fully saturated rings. The summed E-state index contributed by atoms with van der Waals surface area (Å²) in [6, 6.07) is 7.34. The number of methoxy groups -OCH3 is 1. The molecule has 1 N–H and O–H groups in total. The van der Waals surface area contributed by atoms with Crippen molar-refractivity contribution in [2.45, 2.75) is 20.3 Å². The van der Waals surface area contributed by atoms with Crippen molar-refractivity contribution in [3.8, 4) is 5.75 Å². The maximum absolute atomic E-state index is 12.2. The number of carbonyl (C=O) groups is 1. The summed E-state index contributed by atoms with van der Waals surface area (Å²) in [5.74, 6) is 1.34. The summed E-state index contributed by atoms with van der Waals surface area (Å²) in [6.07, 6.45) is 0.793. The second-order valence-corrected chi connectivity index (χ2v) is 5.34. The topological polar surface area (TPSA) is 67.4 Å². The van der Waals surface area contributed by atoms with Crippen molar-refractivity contribution in [3.63, 3.8) is 0 Å². The van der Waals surface area contributed by atoms with Gasteiger partial charge in [-0.1, -0.05) is 19.1 Å². The predicted molar refractivity (Wildman–Crippen MR) is 88.8 cm³/mol. The van der Waals surface area contributed by atoms with Crippen molar-refractivity contribution in [1.29, 1.82) is 0 Å². The fourth-order valence-electron chi connectivity index (χ4n) is 1.94. The van der Waals surface area contributed by atoms with Crippen LogP contribution in [-0.2, 0) is 11.2 Å². The summed E-state index contributed by atoms with van der Waals surface area (Å²) in [7, 11) is 1.58. The van der Waals surface area contributed by atoms with Crippen LogP contribution in [0.25, 0.3) is 0 Å². The van der Waals surface area contributed by atoms with Crippen LogP contribution >= 0.6 is 11.5 Å². The number of aryl methyl sites for hydroxylation is 1. The number of carbonyl (C=O) groups excluding carboxylic acids is 1. The molecule has 0 saturated carbocycles. The Morgan fingerprint density at radius 3 is 2.77 bits per heavy atom. The molecule has 0 aliphatic heterocycles. The number of amides is 1. The molecule has 1 aromatic carbocycles. The van der Waals surface area contributed by atoms with Gasteiger partial charge in [0.05, 0.1) is 19.3 Å². The molecule has 2 aromatic rings. The van der Waals surface area contributed by atoms with Gasteiger partial charge in [0.15, 0.2) is 0 Å². The van der Waals surface area contributed by atoms with E-state index in [1.165, 1.54) is 11.5 Å². The zero-order valence-corrected chi connectivity index (χ0v) is 13.8. The van der Waals surface area contributed by atoms with Gasteiger partial charge < -0.3 is 15.0 Å². The number of rotatable bonds is 7. The standard InChI is InChI=1S/C15H20N4O2S/c1-4-13-17-15(22-18-13)19(5-2)10-14(20)16-11-8-6-7-9-12(11)21-3/h6-9H,4-5,10H2,1-3H3,(H,16,20). The molecule has 1 heterocycles. The van der Waals surface area contributed by atoms with E-state index in [0.29, 0.717) is 18.0 Å². The third kappa shape index (κ3) is 3.94. The number of ether oxygens (including phenoxy) is 1. The molecule has 22 heavy (non-hydrogen) atoms. The van der Waals surface area contributed by atoms with Gasteiger partial charge in [-0.15, -0.1) is 0 Å². The third-order valence-corrected chi connectivity index (χ3v) is 3.96. The average molecular weight is 320 g/mol. The van der Waals surface area contributed by atoms with E-state index < -0.39 is 0 Å². The maximum atomic E-state index is 12.2. The summed E-state index contributed by atoms with van der Waals surface area (Å²) < 4.78 is 9.49. The van der Waals surface area contributed by atoms with E-state index >= 15 is 0 Å². The monoisotopic (exact) mass is 320 g/mol. The SMILES string of the molecule is CCc1nsc(N(CC)CC(=O)Nc2ccccc2OC)n1. The van der Waals surface area contributed by atoms with E-state index in [1.807, 2.05) is 43.0 Å². The summed E-state index contributed by atoms with van der Waals surface area (Å²) in [5.41, 5.74) is 0.664. The van der Waals surface area contributed by atoms with Crippen LogP contribution in [0.5, 0.6) is 5.75 Å². The normalized spacial score (nSPS) is 10.3. The van der Waals surface area contributed by atoms with Gasteiger partial charge >= 0.3 is 0 Å². The molecule has 0 bridgehead atoms. The van der Waals surface area contributed by atoms with E-state index in [4.69, 9.17) is 4.74 Å². The van der Waals surface area contributed by atoms with Gasteiger partial charge in [0.2, 0.25) is 11.0 Å². The van der Waals surface area contributed by atoms with Gasteiger partial charge in [0.25, 0.3) is 0 Å². The van der Waals surface area contributed by atoms with Crippen molar-refractivity contribution in [2.24, 2.45) is 0 Å². The van der Waals surface area contributed by atoms with E-state index in [2.05, 4.69) is 14.7 Å². The van der Waals surface area contributed by atoms with Crippen LogP contribution in [0, 0.1) is 0 Å². The fourth-order valence-corrected chi connectivity index (χ4v) is 2.75. The van der Waals surface area contributed by atoms with Gasteiger partial charge in [0, 0.05) is 24.5 Å². The van der Waals surface area contributed by atoms with Crippen molar-refractivity contribution in [2.75, 3.05) is 30.4 Å². The lowest BCUT2D eigenvalue weighted by Crippen LogP contribution is -2.33.